The number of hydrogen-bond acceptors (Lipinski definition) is 2. The molecule has 2 aliphatic rings. The summed E-state index contributed by atoms with van der Waals surface area (Å²) in [4.78, 5) is 17.3. The Morgan fingerprint density at radius 2 is 1.82 bits per heavy atom. The SMILES string of the molecule is Cc1ccc(C)n1-c1ccc(-c2ccc3c(c2)c2c(n3CC3CCCC(F)C3)CCC(NC(=O)C(C)C)C2)cn1. The smallest absolute Gasteiger partial charge is 0.222 e. The Kier molecular flexibility index (Phi) is 7.28. The molecule has 1 fully saturated rings. The minimum Gasteiger partial charge on any atom is -0.353 e. The molecule has 4 aromatic rings. The number of aromatic nitrogens is 3. The van der Waals surface area contributed by atoms with Gasteiger partial charge in [0.05, 0.1) is 0 Å². The lowest BCUT2D eigenvalue weighted by Gasteiger charge is -2.28. The number of aryl methyl sites for hydroxylation is 2. The molecule has 210 valence electrons. The van der Waals surface area contributed by atoms with Gasteiger partial charge in [-0.05, 0) is 106 Å². The molecule has 1 saturated carbocycles. The van der Waals surface area contributed by atoms with Gasteiger partial charge in [-0.15, -0.1) is 0 Å². The average Bonchev–Trinajstić information content (AvgIpc) is 3.44. The number of amides is 1. The van der Waals surface area contributed by atoms with Crippen molar-refractivity contribution in [2.75, 3.05) is 0 Å². The first-order valence-electron chi connectivity index (χ1n) is 15.0. The lowest BCUT2D eigenvalue weighted by atomic mass is 9.87. The highest BCUT2D eigenvalue weighted by molar-refractivity contribution is 5.90. The number of rotatable bonds is 6. The molecule has 0 saturated heterocycles. The van der Waals surface area contributed by atoms with Crippen molar-refractivity contribution in [2.45, 2.75) is 91.4 Å². The summed E-state index contributed by atoms with van der Waals surface area (Å²) in [5.74, 6) is 1.40. The predicted molar refractivity (Wildman–Crippen MR) is 160 cm³/mol. The number of fused-ring (bicyclic) bond motifs is 3. The van der Waals surface area contributed by atoms with Crippen LogP contribution in [0.3, 0.4) is 0 Å². The number of carbonyl (C=O) groups excluding carboxylic acids is 1. The Morgan fingerprint density at radius 1 is 1.05 bits per heavy atom. The van der Waals surface area contributed by atoms with E-state index in [4.69, 9.17) is 4.98 Å². The van der Waals surface area contributed by atoms with Crippen molar-refractivity contribution in [2.24, 2.45) is 11.8 Å². The fourth-order valence-corrected chi connectivity index (χ4v) is 6.90. The molecule has 0 radical (unpaired) electrons. The van der Waals surface area contributed by atoms with Gasteiger partial charge < -0.3 is 14.5 Å². The molecule has 1 N–H and O–H groups in total. The van der Waals surface area contributed by atoms with E-state index in [0.717, 1.165) is 55.6 Å². The number of carbonyl (C=O) groups is 1. The topological polar surface area (TPSA) is 51.9 Å². The molecule has 0 aliphatic heterocycles. The number of halogens is 1. The third-order valence-electron chi connectivity index (χ3n) is 9.08. The number of nitrogens with zero attached hydrogens (tertiary/aromatic N) is 3. The third-order valence-corrected chi connectivity index (χ3v) is 9.08. The second kappa shape index (κ2) is 10.9. The molecule has 3 heterocycles. The molecule has 6 heteroatoms. The summed E-state index contributed by atoms with van der Waals surface area (Å²) in [7, 11) is 0. The first kappa shape index (κ1) is 26.8. The summed E-state index contributed by atoms with van der Waals surface area (Å²) in [6, 6.07) is 15.4. The third kappa shape index (κ3) is 5.09. The molecule has 2 aliphatic carbocycles. The van der Waals surface area contributed by atoms with E-state index in [1.54, 1.807) is 0 Å². The van der Waals surface area contributed by atoms with Crippen molar-refractivity contribution in [3.63, 3.8) is 0 Å². The van der Waals surface area contributed by atoms with Gasteiger partial charge in [-0.3, -0.25) is 4.79 Å². The largest absolute Gasteiger partial charge is 0.353 e. The molecular formula is C34H41FN4O. The first-order chi connectivity index (χ1) is 19.3. The summed E-state index contributed by atoms with van der Waals surface area (Å²) < 4.78 is 19.0. The Balaban J connectivity index is 1.37. The van der Waals surface area contributed by atoms with Crippen molar-refractivity contribution in [3.8, 4) is 16.9 Å². The standard InChI is InChI=1S/C34H41FN4O/c1-21(2)34(40)37-28-12-14-32-30(18-28)29-17-25(10-13-31(29)38(32)20-24-6-5-7-27(35)16-24)26-11-15-33(36-19-26)39-22(3)8-9-23(39)4/h8-11,13,15,17,19,21,24,27-28H,5-7,12,14,16,18,20H2,1-4H3,(H,37,40). The van der Waals surface area contributed by atoms with E-state index in [1.165, 1.54) is 33.5 Å². The number of hydrogen-bond donors (Lipinski definition) is 1. The minimum absolute atomic E-state index is 0.0242. The van der Waals surface area contributed by atoms with Crippen LogP contribution in [0.4, 0.5) is 4.39 Å². The zero-order chi connectivity index (χ0) is 28.0. The molecule has 0 spiro atoms. The van der Waals surface area contributed by atoms with E-state index in [2.05, 4.69) is 70.8 Å². The molecule has 1 amide bonds. The number of benzene rings is 1. The van der Waals surface area contributed by atoms with Crippen LogP contribution in [-0.4, -0.2) is 32.2 Å². The van der Waals surface area contributed by atoms with Crippen molar-refractivity contribution < 1.29 is 9.18 Å². The molecule has 40 heavy (non-hydrogen) atoms. The minimum atomic E-state index is -0.673. The van der Waals surface area contributed by atoms with Crippen LogP contribution in [0.1, 0.15) is 68.6 Å². The maximum absolute atomic E-state index is 14.3. The molecule has 3 atom stereocenters. The van der Waals surface area contributed by atoms with Crippen molar-refractivity contribution >= 4 is 16.8 Å². The summed E-state index contributed by atoms with van der Waals surface area (Å²) in [6.07, 6.45) is 7.44. The van der Waals surface area contributed by atoms with Gasteiger partial charge >= 0.3 is 0 Å². The summed E-state index contributed by atoms with van der Waals surface area (Å²) >= 11 is 0. The lowest BCUT2D eigenvalue weighted by molar-refractivity contribution is -0.124. The Hall–Kier alpha value is -3.41. The molecule has 3 unspecified atom stereocenters. The van der Waals surface area contributed by atoms with Crippen LogP contribution in [0.5, 0.6) is 0 Å². The second-order valence-corrected chi connectivity index (χ2v) is 12.4. The Morgan fingerprint density at radius 3 is 2.52 bits per heavy atom. The van der Waals surface area contributed by atoms with E-state index < -0.39 is 6.17 Å². The Labute approximate surface area is 236 Å². The average molecular weight is 541 g/mol. The van der Waals surface area contributed by atoms with E-state index in [1.807, 2.05) is 20.0 Å². The van der Waals surface area contributed by atoms with Gasteiger partial charge in [-0.1, -0.05) is 26.3 Å². The maximum atomic E-state index is 14.3. The van der Waals surface area contributed by atoms with E-state index in [0.29, 0.717) is 18.8 Å². The lowest BCUT2D eigenvalue weighted by Crippen LogP contribution is -2.41. The summed E-state index contributed by atoms with van der Waals surface area (Å²) in [5.41, 5.74) is 8.51. The molecule has 0 bridgehead atoms. The predicted octanol–water partition coefficient (Wildman–Crippen LogP) is 7.27. The maximum Gasteiger partial charge on any atom is 0.222 e. The molecular weight excluding hydrogens is 499 g/mol. The van der Waals surface area contributed by atoms with Crippen LogP contribution < -0.4 is 5.32 Å². The van der Waals surface area contributed by atoms with Crippen LogP contribution >= 0.6 is 0 Å². The quantitative estimate of drug-likeness (QED) is 0.280. The van der Waals surface area contributed by atoms with Crippen LogP contribution in [-0.2, 0) is 24.2 Å². The first-order valence-corrected chi connectivity index (χ1v) is 15.0. The molecule has 5 nitrogen and oxygen atoms in total. The van der Waals surface area contributed by atoms with E-state index in [9.17, 15) is 9.18 Å². The van der Waals surface area contributed by atoms with Crippen LogP contribution in [0.2, 0.25) is 0 Å². The number of nitrogens with one attached hydrogen (secondary N) is 1. The van der Waals surface area contributed by atoms with Gasteiger partial charge in [0.1, 0.15) is 12.0 Å². The van der Waals surface area contributed by atoms with Gasteiger partial charge in [0.15, 0.2) is 0 Å². The summed E-state index contributed by atoms with van der Waals surface area (Å²) in [5, 5.41) is 4.54. The van der Waals surface area contributed by atoms with Gasteiger partial charge in [-0.2, -0.15) is 0 Å². The number of alkyl halides is 1. The highest BCUT2D eigenvalue weighted by Crippen LogP contribution is 2.37. The zero-order valence-electron chi connectivity index (χ0n) is 24.2. The fraction of sp³-hybridized carbons (Fsp3) is 0.471. The van der Waals surface area contributed by atoms with Crippen LogP contribution in [0.15, 0.2) is 48.7 Å². The van der Waals surface area contributed by atoms with Gasteiger partial charge in [0.25, 0.3) is 0 Å². The van der Waals surface area contributed by atoms with Crippen LogP contribution in [0, 0.1) is 25.7 Å². The van der Waals surface area contributed by atoms with Gasteiger partial charge in [-0.25, -0.2) is 9.37 Å². The van der Waals surface area contributed by atoms with E-state index >= 15 is 0 Å². The fourth-order valence-electron chi connectivity index (χ4n) is 6.90. The second-order valence-electron chi connectivity index (χ2n) is 12.4. The van der Waals surface area contributed by atoms with Crippen molar-refractivity contribution in [1.82, 2.24) is 19.4 Å². The van der Waals surface area contributed by atoms with Crippen molar-refractivity contribution in [1.29, 1.82) is 0 Å². The zero-order valence-corrected chi connectivity index (χ0v) is 24.2. The summed E-state index contributed by atoms with van der Waals surface area (Å²) in [6.45, 7) is 8.97. The normalized spacial score (nSPS) is 21.1. The van der Waals surface area contributed by atoms with Gasteiger partial charge in [0.2, 0.25) is 5.91 Å². The highest BCUT2D eigenvalue weighted by Gasteiger charge is 2.29. The highest BCUT2D eigenvalue weighted by atomic mass is 19.1. The van der Waals surface area contributed by atoms with Crippen molar-refractivity contribution in [3.05, 3.63) is 71.3 Å². The molecule has 1 aromatic carbocycles. The monoisotopic (exact) mass is 540 g/mol. The van der Waals surface area contributed by atoms with Gasteiger partial charge in [0, 0.05) is 58.2 Å². The van der Waals surface area contributed by atoms with E-state index in [-0.39, 0.29) is 17.9 Å². The Bertz CT molecular complexity index is 1510. The molecule has 6 rings (SSSR count). The van der Waals surface area contributed by atoms with Crippen LogP contribution in [0.25, 0.3) is 27.8 Å². The number of pyridine rings is 1. The molecule has 3 aromatic heterocycles.